The molecular weight excluding hydrogens is 244 g/mol. The van der Waals surface area contributed by atoms with Crippen molar-refractivity contribution in [1.82, 2.24) is 10.2 Å². The maximum atomic E-state index is 11.9. The largest absolute Gasteiger partial charge is 0.350 e. The molecule has 0 saturated carbocycles. The Morgan fingerprint density at radius 1 is 1.47 bits per heavy atom. The van der Waals surface area contributed by atoms with Crippen molar-refractivity contribution in [3.05, 3.63) is 40.7 Å². The number of amides is 1. The number of nitrogens with zero attached hydrogens (tertiary/aromatic N) is 3. The van der Waals surface area contributed by atoms with Crippen LogP contribution in [0.3, 0.4) is 0 Å². The van der Waals surface area contributed by atoms with E-state index in [1.807, 2.05) is 0 Å². The van der Waals surface area contributed by atoms with Crippen LogP contribution < -0.4 is 5.32 Å². The van der Waals surface area contributed by atoms with E-state index in [1.165, 1.54) is 6.20 Å². The molecule has 0 spiro atoms. The number of likely N-dealkylation sites (N-methyl/N-ethyl adjacent to an activating group) is 2. The van der Waals surface area contributed by atoms with E-state index in [9.17, 15) is 9.70 Å². The molecule has 1 heterocycles. The molecule has 0 aromatic heterocycles. The zero-order valence-corrected chi connectivity index (χ0v) is 11.9. The van der Waals surface area contributed by atoms with E-state index in [4.69, 9.17) is 0 Å². The molecule has 1 rings (SSSR count). The van der Waals surface area contributed by atoms with Crippen LogP contribution in [0, 0.1) is 4.91 Å². The molecule has 1 N–H and O–H groups in total. The fraction of sp³-hybridized carbons (Fsp3) is 0.462. The molecule has 0 radical (unpaired) electrons. The molecule has 1 aliphatic rings. The molecule has 6 nitrogen and oxygen atoms in total. The highest BCUT2D eigenvalue weighted by atomic mass is 16.2. The van der Waals surface area contributed by atoms with Crippen molar-refractivity contribution >= 4 is 5.91 Å². The predicted octanol–water partition coefficient (Wildman–Crippen LogP) is 0.802. The first-order chi connectivity index (χ1) is 8.83. The molecule has 0 unspecified atom stereocenters. The van der Waals surface area contributed by atoms with Crippen LogP contribution in [0.1, 0.15) is 0 Å². The molecule has 0 aliphatic carbocycles. The number of carbonyl (C=O) groups is 1. The Balaban J connectivity index is 2.62. The van der Waals surface area contributed by atoms with Gasteiger partial charge in [-0.2, -0.15) is 0 Å². The Hall–Kier alpha value is -1.95. The highest BCUT2D eigenvalue weighted by Gasteiger charge is 2.14. The molecule has 6 heteroatoms. The third kappa shape index (κ3) is 5.05. The number of allylic oxidation sites excluding steroid dienone is 1. The van der Waals surface area contributed by atoms with Crippen molar-refractivity contribution in [2.24, 2.45) is 5.18 Å². The summed E-state index contributed by atoms with van der Waals surface area (Å²) in [6, 6.07) is 0. The second kappa shape index (κ2) is 6.29. The standard InChI is InChI=1S/C13H20N4O2/c1-16-7-5-11(9-12(16)10-15-19)13(18)14-6-8-17(2,3)4/h5,7,9-10H,6,8H2,1-4H3/p+1/b12-10+. The maximum Gasteiger partial charge on any atom is 0.251 e. The van der Waals surface area contributed by atoms with Gasteiger partial charge >= 0.3 is 0 Å². The van der Waals surface area contributed by atoms with Gasteiger partial charge in [-0.1, -0.05) is 0 Å². The summed E-state index contributed by atoms with van der Waals surface area (Å²) in [6.45, 7) is 1.45. The number of carbonyl (C=O) groups excluding carboxylic acids is 1. The zero-order valence-electron chi connectivity index (χ0n) is 11.9. The van der Waals surface area contributed by atoms with Crippen molar-refractivity contribution in [3.8, 4) is 0 Å². The van der Waals surface area contributed by atoms with Crippen molar-refractivity contribution in [2.75, 3.05) is 41.3 Å². The van der Waals surface area contributed by atoms with Gasteiger partial charge in [-0.05, 0) is 17.3 Å². The predicted molar refractivity (Wildman–Crippen MR) is 74.8 cm³/mol. The van der Waals surface area contributed by atoms with Gasteiger partial charge in [0.25, 0.3) is 5.91 Å². The van der Waals surface area contributed by atoms with E-state index in [0.717, 1.165) is 11.0 Å². The van der Waals surface area contributed by atoms with E-state index in [-0.39, 0.29) is 5.91 Å². The third-order valence-corrected chi connectivity index (χ3v) is 2.70. The van der Waals surface area contributed by atoms with Crippen LogP contribution in [0.25, 0.3) is 0 Å². The SMILES string of the molecule is CN1C=CC(C(=O)NCC[N+](C)(C)C)=C/C1=C\N=O. The Kier molecular flexibility index (Phi) is 5.00. The summed E-state index contributed by atoms with van der Waals surface area (Å²) in [5.41, 5.74) is 1.11. The average molecular weight is 265 g/mol. The van der Waals surface area contributed by atoms with E-state index in [0.29, 0.717) is 17.8 Å². The van der Waals surface area contributed by atoms with Gasteiger partial charge in [0.1, 0.15) is 0 Å². The van der Waals surface area contributed by atoms with E-state index < -0.39 is 0 Å². The zero-order chi connectivity index (χ0) is 14.5. The molecule has 0 fully saturated rings. The van der Waals surface area contributed by atoms with E-state index in [2.05, 4.69) is 31.6 Å². The maximum absolute atomic E-state index is 11.9. The summed E-state index contributed by atoms with van der Waals surface area (Å²) in [4.78, 5) is 23.9. The minimum atomic E-state index is -0.144. The van der Waals surface area contributed by atoms with Gasteiger partial charge in [-0.25, -0.2) is 0 Å². The van der Waals surface area contributed by atoms with Crippen molar-refractivity contribution in [1.29, 1.82) is 0 Å². The number of quaternary nitrogens is 1. The Labute approximate surface area is 113 Å². The van der Waals surface area contributed by atoms with Gasteiger partial charge in [0.05, 0.1) is 46.1 Å². The van der Waals surface area contributed by atoms with Crippen LogP contribution in [-0.2, 0) is 4.79 Å². The lowest BCUT2D eigenvalue weighted by Gasteiger charge is -2.24. The van der Waals surface area contributed by atoms with Crippen molar-refractivity contribution < 1.29 is 9.28 Å². The van der Waals surface area contributed by atoms with Gasteiger partial charge in [-0.3, -0.25) is 4.79 Å². The first-order valence-corrected chi connectivity index (χ1v) is 6.07. The average Bonchev–Trinajstić information content (AvgIpc) is 2.30. The monoisotopic (exact) mass is 265 g/mol. The normalized spacial score (nSPS) is 17.4. The molecule has 0 bridgehead atoms. The summed E-state index contributed by atoms with van der Waals surface area (Å²) >= 11 is 0. The summed E-state index contributed by atoms with van der Waals surface area (Å²) in [5.74, 6) is -0.144. The molecule has 19 heavy (non-hydrogen) atoms. The van der Waals surface area contributed by atoms with Crippen molar-refractivity contribution in [2.45, 2.75) is 0 Å². The Morgan fingerprint density at radius 2 is 2.16 bits per heavy atom. The topological polar surface area (TPSA) is 61.8 Å². The van der Waals surface area contributed by atoms with Crippen LogP contribution in [0.2, 0.25) is 0 Å². The molecule has 104 valence electrons. The van der Waals surface area contributed by atoms with Crippen LogP contribution in [0.15, 0.2) is 41.0 Å². The second-order valence-electron chi connectivity index (χ2n) is 5.46. The van der Waals surface area contributed by atoms with E-state index >= 15 is 0 Å². The van der Waals surface area contributed by atoms with Gasteiger partial charge in [0, 0.05) is 18.8 Å². The van der Waals surface area contributed by atoms with Crippen molar-refractivity contribution in [3.63, 3.8) is 0 Å². The van der Waals surface area contributed by atoms with Crippen LogP contribution in [0.5, 0.6) is 0 Å². The lowest BCUT2D eigenvalue weighted by atomic mass is 10.1. The molecular formula is C13H21N4O2+. The Bertz CT molecular complexity index is 444. The summed E-state index contributed by atoms with van der Waals surface area (Å²) in [6.07, 6.45) is 6.26. The van der Waals surface area contributed by atoms with Gasteiger partial charge in [-0.15, -0.1) is 4.91 Å². The summed E-state index contributed by atoms with van der Waals surface area (Å²) < 4.78 is 0.790. The number of hydrogen-bond donors (Lipinski definition) is 1. The molecule has 0 aromatic carbocycles. The highest BCUT2D eigenvalue weighted by molar-refractivity contribution is 5.96. The lowest BCUT2D eigenvalue weighted by Crippen LogP contribution is -2.42. The van der Waals surface area contributed by atoms with Gasteiger partial charge in [0.2, 0.25) is 0 Å². The number of rotatable bonds is 5. The minimum absolute atomic E-state index is 0.144. The summed E-state index contributed by atoms with van der Waals surface area (Å²) in [5, 5.41) is 5.59. The number of hydrogen-bond acceptors (Lipinski definition) is 4. The highest BCUT2D eigenvalue weighted by Crippen LogP contribution is 2.15. The first-order valence-electron chi connectivity index (χ1n) is 6.07. The molecule has 0 aromatic rings. The Morgan fingerprint density at radius 3 is 2.74 bits per heavy atom. The minimum Gasteiger partial charge on any atom is -0.350 e. The smallest absolute Gasteiger partial charge is 0.251 e. The summed E-state index contributed by atoms with van der Waals surface area (Å²) in [7, 11) is 7.99. The molecule has 0 saturated heterocycles. The van der Waals surface area contributed by atoms with E-state index in [1.54, 1.807) is 30.3 Å². The fourth-order valence-electron chi connectivity index (χ4n) is 1.52. The van der Waals surface area contributed by atoms with Gasteiger partial charge in [0.15, 0.2) is 0 Å². The van der Waals surface area contributed by atoms with Crippen LogP contribution in [-0.4, -0.2) is 56.6 Å². The number of nitroso groups, excluding NO2 is 1. The quantitative estimate of drug-likeness (QED) is 0.591. The third-order valence-electron chi connectivity index (χ3n) is 2.70. The first kappa shape index (κ1) is 15.1. The molecule has 0 atom stereocenters. The van der Waals surface area contributed by atoms with Crippen LogP contribution >= 0.6 is 0 Å². The molecule has 1 amide bonds. The lowest BCUT2D eigenvalue weighted by molar-refractivity contribution is -0.869. The molecule has 1 aliphatic heterocycles. The fourth-order valence-corrected chi connectivity index (χ4v) is 1.52. The second-order valence-corrected chi connectivity index (χ2v) is 5.46. The van der Waals surface area contributed by atoms with Crippen LogP contribution in [0.4, 0.5) is 0 Å². The number of nitrogens with one attached hydrogen (secondary N) is 1. The van der Waals surface area contributed by atoms with Gasteiger partial charge < -0.3 is 14.7 Å².